The summed E-state index contributed by atoms with van der Waals surface area (Å²) >= 11 is 7.29. The number of thiophene rings is 1. The summed E-state index contributed by atoms with van der Waals surface area (Å²) in [5.74, 6) is 0.0319. The smallest absolute Gasteiger partial charge is 0.354 e. The maximum Gasteiger partial charge on any atom is 0.354 e. The second-order valence-corrected chi connectivity index (χ2v) is 9.85. The van der Waals surface area contributed by atoms with Gasteiger partial charge in [0.1, 0.15) is 23.8 Å². The van der Waals surface area contributed by atoms with Crippen LogP contribution in [0.25, 0.3) is 10.6 Å². The Kier molecular flexibility index (Phi) is 9.04. The van der Waals surface area contributed by atoms with Crippen LogP contribution in [-0.4, -0.2) is 63.0 Å². The summed E-state index contributed by atoms with van der Waals surface area (Å²) in [5, 5.41) is 13.2. The van der Waals surface area contributed by atoms with Crippen molar-refractivity contribution in [2.24, 2.45) is 5.73 Å². The number of carbonyl (C=O) groups is 1. The lowest BCUT2D eigenvalue weighted by Gasteiger charge is -2.32. The molecule has 9 nitrogen and oxygen atoms in total. The minimum atomic E-state index is -1.06. The minimum absolute atomic E-state index is 0.0702. The number of aromatic carboxylic acids is 1. The Balaban J connectivity index is 0.000000257. The Bertz CT molecular complexity index is 1040. The standard InChI is InChI=1S/C14H12ClN3O4S.C8H18N2/c1-21-7-13-16-5-9(14(19)20)18(13)6-8-4-10(22-17-8)11-2-3-12(15)23-11;1-7(2)10-5-3-8(9)4-6-10/h2-5H,6-7H2,1H3,(H,19,20);7-8H,3-6,9H2,1-2H3. The van der Waals surface area contributed by atoms with E-state index in [1.807, 2.05) is 6.07 Å². The van der Waals surface area contributed by atoms with Crippen LogP contribution in [0.5, 0.6) is 0 Å². The SMILES string of the molecule is CC(C)N1CCC(N)CC1.COCc1ncc(C(=O)O)n1Cc1cc(-c2ccc(Cl)s2)on1. The van der Waals surface area contributed by atoms with E-state index in [4.69, 9.17) is 26.6 Å². The number of imidazole rings is 1. The number of halogens is 1. The molecule has 4 rings (SSSR count). The number of hydrogen-bond acceptors (Lipinski definition) is 8. The van der Waals surface area contributed by atoms with Gasteiger partial charge in [-0.15, -0.1) is 11.3 Å². The summed E-state index contributed by atoms with van der Waals surface area (Å²) in [4.78, 5) is 18.7. The van der Waals surface area contributed by atoms with Crippen LogP contribution in [0.1, 0.15) is 48.7 Å². The largest absolute Gasteiger partial charge is 0.477 e. The van der Waals surface area contributed by atoms with E-state index in [1.54, 1.807) is 12.1 Å². The summed E-state index contributed by atoms with van der Waals surface area (Å²) in [5.41, 5.74) is 6.43. The Hall–Kier alpha value is -2.24. The summed E-state index contributed by atoms with van der Waals surface area (Å²) in [6.45, 7) is 7.31. The second kappa shape index (κ2) is 11.8. The van der Waals surface area contributed by atoms with E-state index in [9.17, 15) is 9.90 Å². The molecule has 0 saturated carbocycles. The minimum Gasteiger partial charge on any atom is -0.477 e. The number of ether oxygens (including phenoxy) is 1. The number of methoxy groups -OCH3 is 1. The quantitative estimate of drug-likeness (QED) is 0.505. The van der Waals surface area contributed by atoms with Gasteiger partial charge in [-0.25, -0.2) is 9.78 Å². The molecule has 3 aromatic heterocycles. The molecule has 1 aliphatic heterocycles. The molecule has 0 bridgehead atoms. The summed E-state index contributed by atoms with van der Waals surface area (Å²) in [6.07, 6.45) is 3.66. The monoisotopic (exact) mass is 495 g/mol. The molecule has 0 amide bonds. The van der Waals surface area contributed by atoms with Crippen molar-refractivity contribution in [3.63, 3.8) is 0 Å². The molecule has 1 fully saturated rings. The first kappa shape index (κ1) is 25.4. The molecule has 0 atom stereocenters. The van der Waals surface area contributed by atoms with Crippen molar-refractivity contribution in [3.05, 3.63) is 45.9 Å². The van der Waals surface area contributed by atoms with Gasteiger partial charge in [0.05, 0.1) is 22.0 Å². The van der Waals surface area contributed by atoms with E-state index in [2.05, 4.69) is 28.9 Å². The number of piperidine rings is 1. The Morgan fingerprint density at radius 2 is 2.12 bits per heavy atom. The Morgan fingerprint density at radius 3 is 2.70 bits per heavy atom. The van der Waals surface area contributed by atoms with Crippen LogP contribution in [0.2, 0.25) is 4.34 Å². The molecule has 180 valence electrons. The highest BCUT2D eigenvalue weighted by Crippen LogP contribution is 2.31. The van der Waals surface area contributed by atoms with Crippen molar-refractivity contribution < 1.29 is 19.2 Å². The van der Waals surface area contributed by atoms with Gasteiger partial charge in [-0.1, -0.05) is 16.8 Å². The molecule has 1 saturated heterocycles. The van der Waals surface area contributed by atoms with Crippen LogP contribution in [0, 0.1) is 0 Å². The van der Waals surface area contributed by atoms with Gasteiger partial charge in [0.25, 0.3) is 0 Å². The average molecular weight is 496 g/mol. The molecule has 33 heavy (non-hydrogen) atoms. The van der Waals surface area contributed by atoms with Gasteiger partial charge in [0.15, 0.2) is 5.76 Å². The maximum absolute atomic E-state index is 11.3. The first-order valence-electron chi connectivity index (χ1n) is 10.8. The zero-order valence-electron chi connectivity index (χ0n) is 19.0. The number of carboxylic acid groups (broad SMARTS) is 1. The molecule has 4 heterocycles. The van der Waals surface area contributed by atoms with Crippen LogP contribution in [0.4, 0.5) is 0 Å². The highest BCUT2D eigenvalue weighted by molar-refractivity contribution is 7.19. The topological polar surface area (TPSA) is 120 Å². The number of carboxylic acids is 1. The predicted molar refractivity (Wildman–Crippen MR) is 128 cm³/mol. The van der Waals surface area contributed by atoms with Gasteiger partial charge in [0.2, 0.25) is 0 Å². The van der Waals surface area contributed by atoms with Crippen molar-refractivity contribution in [2.75, 3.05) is 20.2 Å². The first-order chi connectivity index (χ1) is 15.8. The number of nitrogens with zero attached hydrogens (tertiary/aromatic N) is 4. The molecule has 3 N–H and O–H groups in total. The summed E-state index contributed by atoms with van der Waals surface area (Å²) in [7, 11) is 1.52. The molecular weight excluding hydrogens is 466 g/mol. The van der Waals surface area contributed by atoms with Crippen molar-refractivity contribution in [1.29, 1.82) is 0 Å². The van der Waals surface area contributed by atoms with Crippen molar-refractivity contribution in [2.45, 2.75) is 51.9 Å². The van der Waals surface area contributed by atoms with Gasteiger partial charge in [-0.3, -0.25) is 0 Å². The van der Waals surface area contributed by atoms with Crippen LogP contribution in [0.3, 0.4) is 0 Å². The number of nitrogens with two attached hydrogens (primary N) is 1. The summed E-state index contributed by atoms with van der Waals surface area (Å²) in [6, 6.07) is 6.54. The van der Waals surface area contributed by atoms with E-state index in [0.717, 1.165) is 4.88 Å². The number of rotatable bonds is 7. The fourth-order valence-electron chi connectivity index (χ4n) is 3.55. The lowest BCUT2D eigenvalue weighted by Crippen LogP contribution is -2.42. The molecule has 1 aliphatic rings. The zero-order valence-corrected chi connectivity index (χ0v) is 20.6. The number of aromatic nitrogens is 3. The molecule has 0 aromatic carbocycles. The third kappa shape index (κ3) is 6.87. The molecule has 11 heteroatoms. The molecule has 0 radical (unpaired) electrons. The molecular formula is C22H30ClN5O4S. The first-order valence-corrected chi connectivity index (χ1v) is 12.0. The van der Waals surface area contributed by atoms with E-state index in [-0.39, 0.29) is 18.8 Å². The zero-order chi connectivity index (χ0) is 24.0. The average Bonchev–Trinajstić information content (AvgIpc) is 3.50. The van der Waals surface area contributed by atoms with Crippen LogP contribution < -0.4 is 5.73 Å². The van der Waals surface area contributed by atoms with E-state index in [1.165, 1.54) is 55.1 Å². The van der Waals surface area contributed by atoms with Crippen molar-refractivity contribution in [1.82, 2.24) is 19.6 Å². The lowest BCUT2D eigenvalue weighted by molar-refractivity contribution is 0.0684. The van der Waals surface area contributed by atoms with Gasteiger partial charge < -0.3 is 29.6 Å². The van der Waals surface area contributed by atoms with Crippen molar-refractivity contribution >= 4 is 28.9 Å². The number of hydrogen-bond donors (Lipinski definition) is 2. The van der Waals surface area contributed by atoms with Crippen LogP contribution in [0.15, 0.2) is 28.9 Å². The number of likely N-dealkylation sites (tertiary alicyclic amines) is 1. The van der Waals surface area contributed by atoms with Gasteiger partial charge in [-0.2, -0.15) is 0 Å². The van der Waals surface area contributed by atoms with Gasteiger partial charge >= 0.3 is 5.97 Å². The molecule has 0 aliphatic carbocycles. The molecule has 0 unspecified atom stereocenters. The van der Waals surface area contributed by atoms with E-state index < -0.39 is 5.97 Å². The molecule has 0 spiro atoms. The molecule has 3 aromatic rings. The third-order valence-electron chi connectivity index (χ3n) is 5.43. The predicted octanol–water partition coefficient (Wildman–Crippen LogP) is 3.96. The Labute approximate surface area is 202 Å². The van der Waals surface area contributed by atoms with Crippen molar-refractivity contribution in [3.8, 4) is 10.6 Å². The van der Waals surface area contributed by atoms with E-state index in [0.29, 0.717) is 33.7 Å². The van der Waals surface area contributed by atoms with Gasteiger partial charge in [0, 0.05) is 25.3 Å². The highest BCUT2D eigenvalue weighted by Gasteiger charge is 2.18. The van der Waals surface area contributed by atoms with Gasteiger partial charge in [-0.05, 0) is 51.9 Å². The fourth-order valence-corrected chi connectivity index (χ4v) is 4.54. The highest BCUT2D eigenvalue weighted by atomic mass is 35.5. The summed E-state index contributed by atoms with van der Waals surface area (Å²) < 4.78 is 12.5. The maximum atomic E-state index is 11.3. The fraction of sp³-hybridized carbons (Fsp3) is 0.500. The van der Waals surface area contributed by atoms with Crippen LogP contribution >= 0.6 is 22.9 Å². The second-order valence-electron chi connectivity index (χ2n) is 8.14. The van der Waals surface area contributed by atoms with Crippen LogP contribution in [-0.2, 0) is 17.9 Å². The Morgan fingerprint density at radius 1 is 1.39 bits per heavy atom. The van der Waals surface area contributed by atoms with E-state index >= 15 is 0 Å². The third-order valence-corrected chi connectivity index (χ3v) is 6.68. The lowest BCUT2D eigenvalue weighted by atomic mass is 10.1. The normalized spacial score (nSPS) is 15.0.